The average Bonchev–Trinajstić information content (AvgIpc) is 2.31. The molecule has 0 aliphatic carbocycles. The van der Waals surface area contributed by atoms with E-state index >= 15 is 0 Å². The van der Waals surface area contributed by atoms with Gasteiger partial charge in [0.25, 0.3) is 0 Å². The maximum absolute atomic E-state index is 13.7. The molecule has 0 aliphatic heterocycles. The summed E-state index contributed by atoms with van der Waals surface area (Å²) in [6, 6.07) is 5.39. The van der Waals surface area contributed by atoms with Crippen molar-refractivity contribution < 1.29 is 18.0 Å². The van der Waals surface area contributed by atoms with Crippen LogP contribution in [-0.2, 0) is 0 Å². The molecule has 0 aliphatic rings. The van der Waals surface area contributed by atoms with Crippen LogP contribution in [-0.4, -0.2) is 5.78 Å². The summed E-state index contributed by atoms with van der Waals surface area (Å²) in [6.07, 6.45) is 0. The summed E-state index contributed by atoms with van der Waals surface area (Å²) in [5.74, 6) is -3.36. The van der Waals surface area contributed by atoms with Gasteiger partial charge < -0.3 is 0 Å². The minimum atomic E-state index is -0.975. The lowest BCUT2D eigenvalue weighted by Gasteiger charge is -2.06. The number of hydrogen-bond donors (Lipinski definition) is 0. The van der Waals surface area contributed by atoms with E-state index in [0.717, 1.165) is 18.2 Å². The molecule has 6 heteroatoms. The van der Waals surface area contributed by atoms with Gasteiger partial charge in [0, 0.05) is 10.0 Å². The Bertz CT molecular complexity index is 648. The predicted molar refractivity (Wildman–Crippen MR) is 71.6 cm³/mol. The van der Waals surface area contributed by atoms with E-state index in [9.17, 15) is 18.0 Å². The molecular formula is C13H5Br2F3O. The van der Waals surface area contributed by atoms with Gasteiger partial charge in [-0.25, -0.2) is 13.2 Å². The van der Waals surface area contributed by atoms with Crippen LogP contribution in [0.2, 0.25) is 0 Å². The molecular weight excluding hydrogens is 389 g/mol. The molecule has 0 saturated heterocycles. The van der Waals surface area contributed by atoms with Crippen LogP contribution in [0.15, 0.2) is 39.3 Å². The van der Waals surface area contributed by atoms with Gasteiger partial charge in [0.15, 0.2) is 5.78 Å². The normalized spacial score (nSPS) is 10.6. The van der Waals surface area contributed by atoms with Crippen LogP contribution < -0.4 is 0 Å². The first-order chi connectivity index (χ1) is 8.90. The molecule has 2 aromatic carbocycles. The summed E-state index contributed by atoms with van der Waals surface area (Å²) < 4.78 is 40.6. The molecule has 2 aromatic rings. The van der Waals surface area contributed by atoms with E-state index in [-0.39, 0.29) is 14.5 Å². The number of halogens is 5. The van der Waals surface area contributed by atoms with Crippen molar-refractivity contribution in [2.75, 3.05) is 0 Å². The van der Waals surface area contributed by atoms with Crippen LogP contribution in [0.1, 0.15) is 15.9 Å². The molecule has 0 atom stereocenters. The Morgan fingerprint density at radius 1 is 0.895 bits per heavy atom. The van der Waals surface area contributed by atoms with E-state index in [0.29, 0.717) is 0 Å². The Morgan fingerprint density at radius 3 is 2.00 bits per heavy atom. The van der Waals surface area contributed by atoms with Crippen LogP contribution in [0.5, 0.6) is 0 Å². The Morgan fingerprint density at radius 2 is 1.47 bits per heavy atom. The molecule has 0 aromatic heterocycles. The first kappa shape index (κ1) is 14.3. The largest absolute Gasteiger partial charge is 0.288 e. The lowest BCUT2D eigenvalue weighted by molar-refractivity contribution is 0.103. The molecule has 0 N–H and O–H groups in total. The van der Waals surface area contributed by atoms with E-state index in [4.69, 9.17) is 0 Å². The fourth-order valence-corrected chi connectivity index (χ4v) is 2.32. The zero-order chi connectivity index (χ0) is 14.2. The summed E-state index contributed by atoms with van der Waals surface area (Å²) in [6.45, 7) is 0. The highest BCUT2D eigenvalue weighted by atomic mass is 79.9. The summed E-state index contributed by atoms with van der Waals surface area (Å²) in [4.78, 5) is 12.0. The lowest BCUT2D eigenvalue weighted by Crippen LogP contribution is -2.08. The average molecular weight is 394 g/mol. The number of carbonyl (C=O) groups excluding carboxylic acids is 1. The van der Waals surface area contributed by atoms with Crippen molar-refractivity contribution in [2.45, 2.75) is 0 Å². The molecule has 1 nitrogen and oxygen atoms in total. The molecule has 0 amide bonds. The number of carbonyl (C=O) groups is 1. The number of ketones is 1. The quantitative estimate of drug-likeness (QED) is 0.666. The highest BCUT2D eigenvalue weighted by Gasteiger charge is 2.20. The summed E-state index contributed by atoms with van der Waals surface area (Å²) in [5, 5.41) is 0. The van der Waals surface area contributed by atoms with Gasteiger partial charge >= 0.3 is 0 Å². The third-order valence-corrected chi connectivity index (χ3v) is 3.48. The second-order valence-electron chi connectivity index (χ2n) is 3.70. The van der Waals surface area contributed by atoms with Crippen molar-refractivity contribution in [3.05, 3.63) is 67.9 Å². The maximum atomic E-state index is 13.7. The van der Waals surface area contributed by atoms with Crippen LogP contribution in [0.25, 0.3) is 0 Å². The Kier molecular flexibility index (Phi) is 4.10. The van der Waals surface area contributed by atoms with Crippen LogP contribution in [0.4, 0.5) is 13.2 Å². The number of hydrogen-bond acceptors (Lipinski definition) is 1. The molecule has 2 rings (SSSR count). The van der Waals surface area contributed by atoms with Gasteiger partial charge in [0.1, 0.15) is 17.5 Å². The minimum Gasteiger partial charge on any atom is -0.288 e. The Labute approximate surface area is 123 Å². The summed E-state index contributed by atoms with van der Waals surface area (Å²) >= 11 is 5.84. The van der Waals surface area contributed by atoms with Gasteiger partial charge in [0.05, 0.1) is 10.0 Å². The zero-order valence-corrected chi connectivity index (χ0v) is 12.4. The van der Waals surface area contributed by atoms with Gasteiger partial charge in [0.2, 0.25) is 0 Å². The molecule has 98 valence electrons. The monoisotopic (exact) mass is 392 g/mol. The van der Waals surface area contributed by atoms with Crippen molar-refractivity contribution >= 4 is 37.6 Å². The van der Waals surface area contributed by atoms with E-state index < -0.39 is 28.8 Å². The fourth-order valence-electron chi connectivity index (χ4n) is 1.54. The topological polar surface area (TPSA) is 17.1 Å². The van der Waals surface area contributed by atoms with Crippen LogP contribution >= 0.6 is 31.9 Å². The third-order valence-electron chi connectivity index (χ3n) is 2.42. The van der Waals surface area contributed by atoms with Crippen molar-refractivity contribution in [3.63, 3.8) is 0 Å². The van der Waals surface area contributed by atoms with Gasteiger partial charge in [-0.2, -0.15) is 0 Å². The molecule has 0 spiro atoms. The number of benzene rings is 2. The zero-order valence-electron chi connectivity index (χ0n) is 9.18. The van der Waals surface area contributed by atoms with E-state index in [1.807, 2.05) is 0 Å². The second-order valence-corrected chi connectivity index (χ2v) is 5.47. The van der Waals surface area contributed by atoms with Gasteiger partial charge in [-0.15, -0.1) is 0 Å². The highest BCUT2D eigenvalue weighted by Crippen LogP contribution is 2.24. The van der Waals surface area contributed by atoms with Crippen molar-refractivity contribution in [1.29, 1.82) is 0 Å². The van der Waals surface area contributed by atoms with Gasteiger partial charge in [-0.1, -0.05) is 15.9 Å². The molecule has 0 saturated carbocycles. The Hall–Kier alpha value is -1.14. The first-order valence-corrected chi connectivity index (χ1v) is 6.63. The second kappa shape index (κ2) is 5.46. The van der Waals surface area contributed by atoms with Crippen LogP contribution in [0, 0.1) is 17.5 Å². The minimum absolute atomic E-state index is 0.00611. The summed E-state index contributed by atoms with van der Waals surface area (Å²) in [7, 11) is 0. The van der Waals surface area contributed by atoms with Crippen molar-refractivity contribution in [1.82, 2.24) is 0 Å². The maximum Gasteiger partial charge on any atom is 0.198 e. The smallest absolute Gasteiger partial charge is 0.198 e. The molecule has 0 fully saturated rings. The fraction of sp³-hybridized carbons (Fsp3) is 0. The van der Waals surface area contributed by atoms with E-state index in [1.165, 1.54) is 12.1 Å². The first-order valence-electron chi connectivity index (χ1n) is 5.04. The van der Waals surface area contributed by atoms with Gasteiger partial charge in [-0.3, -0.25) is 4.79 Å². The highest BCUT2D eigenvalue weighted by molar-refractivity contribution is 9.10. The predicted octanol–water partition coefficient (Wildman–Crippen LogP) is 4.86. The Balaban J connectivity index is 2.53. The van der Waals surface area contributed by atoms with E-state index in [2.05, 4.69) is 31.9 Å². The van der Waals surface area contributed by atoms with Crippen molar-refractivity contribution in [3.8, 4) is 0 Å². The van der Waals surface area contributed by atoms with Crippen LogP contribution in [0.3, 0.4) is 0 Å². The summed E-state index contributed by atoms with van der Waals surface area (Å²) in [5.41, 5.74) is -0.671. The molecule has 0 heterocycles. The van der Waals surface area contributed by atoms with Gasteiger partial charge in [-0.05, 0) is 46.3 Å². The van der Waals surface area contributed by atoms with E-state index in [1.54, 1.807) is 0 Å². The SMILES string of the molecule is O=C(c1ccc(F)c(Br)c1)c1c(F)cc(Br)cc1F. The number of rotatable bonds is 2. The molecule has 19 heavy (non-hydrogen) atoms. The standard InChI is InChI=1S/C13H5Br2F3O/c14-7-4-10(17)12(11(18)5-7)13(19)6-1-2-9(16)8(15)3-6/h1-5H. The molecule has 0 unspecified atom stereocenters. The molecule has 0 bridgehead atoms. The molecule has 0 radical (unpaired) electrons. The third kappa shape index (κ3) is 2.90. The lowest BCUT2D eigenvalue weighted by atomic mass is 10.0. The van der Waals surface area contributed by atoms with Crippen molar-refractivity contribution in [2.24, 2.45) is 0 Å².